The van der Waals surface area contributed by atoms with Gasteiger partial charge in [0.15, 0.2) is 0 Å². The molecule has 178 valence electrons. The molecule has 1 aromatic rings. The van der Waals surface area contributed by atoms with Gasteiger partial charge < -0.3 is 0 Å². The molecule has 0 atom stereocenters. The van der Waals surface area contributed by atoms with E-state index in [4.69, 9.17) is 0 Å². The molecule has 3 rings (SSSR count). The van der Waals surface area contributed by atoms with Crippen molar-refractivity contribution in [3.8, 4) is 0 Å². The molecule has 1 aromatic carbocycles. The van der Waals surface area contributed by atoms with E-state index in [1.165, 1.54) is 24.3 Å². The van der Waals surface area contributed by atoms with E-state index in [-0.39, 0.29) is 34.7 Å². The van der Waals surface area contributed by atoms with Gasteiger partial charge in [-0.1, -0.05) is 32.9 Å². The van der Waals surface area contributed by atoms with Gasteiger partial charge in [0.25, 0.3) is 0 Å². The smallest absolute Gasteiger partial charge is 0.204 e. The van der Waals surface area contributed by atoms with Gasteiger partial charge in [-0.05, 0) is 50.6 Å². The van der Waals surface area contributed by atoms with E-state index in [1.54, 1.807) is 0 Å². The van der Waals surface area contributed by atoms with E-state index in [0.717, 1.165) is 5.56 Å². The van der Waals surface area contributed by atoms with Gasteiger partial charge in [-0.2, -0.15) is 26.3 Å². The maximum Gasteiger partial charge on any atom is 0.430 e. The molecule has 14 heteroatoms. The zero-order valence-electron chi connectivity index (χ0n) is 16.7. The molecule has 0 unspecified atom stereocenters. The summed E-state index contributed by atoms with van der Waals surface area (Å²) >= 11 is 0. The quantitative estimate of drug-likeness (QED) is 0.540. The summed E-state index contributed by atoms with van der Waals surface area (Å²) in [4.78, 5) is -0.0537. The van der Waals surface area contributed by atoms with Gasteiger partial charge in [0.2, 0.25) is 0 Å². The Morgan fingerprint density at radius 2 is 1.16 bits per heavy atom. The van der Waals surface area contributed by atoms with E-state index in [9.17, 15) is 43.2 Å². The molecule has 2 fully saturated rings. The first-order chi connectivity index (χ1) is 13.8. The number of nitrogens with zero attached hydrogens (tertiary/aromatic N) is 1. The second kappa shape index (κ2) is 6.76. The van der Waals surface area contributed by atoms with Crippen molar-refractivity contribution in [3.05, 3.63) is 29.8 Å². The van der Waals surface area contributed by atoms with Crippen molar-refractivity contribution < 1.29 is 43.2 Å². The van der Waals surface area contributed by atoms with Crippen LogP contribution in [0.25, 0.3) is 0 Å². The largest absolute Gasteiger partial charge is 0.430 e. The second-order valence-electron chi connectivity index (χ2n) is 8.51. The maximum absolute atomic E-state index is 14.3. The maximum atomic E-state index is 14.3. The number of benzene rings is 1. The summed E-state index contributed by atoms with van der Waals surface area (Å²) in [6.07, 6.45) is 0.316. The monoisotopic (exact) mass is 513 g/mol. The molecule has 0 aromatic heterocycles. The van der Waals surface area contributed by atoms with Gasteiger partial charge in [-0.3, -0.25) is 0 Å². The summed E-state index contributed by atoms with van der Waals surface area (Å²) < 4.78 is 134. The Labute approximate surface area is 178 Å². The SMILES string of the molecule is CC(C)(C)c1ccc(S2(N3S(=O)(=O)C(F)(F)C(F)(F)C(F)(F)S3(=O)=O)CCCC2)cc1. The average Bonchev–Trinajstić information content (AvgIpc) is 3.09. The molecule has 2 saturated heterocycles. The van der Waals surface area contributed by atoms with Gasteiger partial charge in [0.05, 0.1) is 0 Å². The van der Waals surface area contributed by atoms with Crippen molar-refractivity contribution in [2.75, 3.05) is 11.5 Å². The van der Waals surface area contributed by atoms with Crippen LogP contribution in [0.3, 0.4) is 0 Å². The highest BCUT2D eigenvalue weighted by Gasteiger charge is 2.90. The Hall–Kier alpha value is -0.990. The predicted molar refractivity (Wildman–Crippen MR) is 104 cm³/mol. The van der Waals surface area contributed by atoms with Crippen LogP contribution >= 0.6 is 10.2 Å². The van der Waals surface area contributed by atoms with Crippen LogP contribution in [-0.2, 0) is 25.5 Å². The van der Waals surface area contributed by atoms with Crippen LogP contribution < -0.4 is 0 Å². The summed E-state index contributed by atoms with van der Waals surface area (Å²) in [5.74, 6) is -7.28. The lowest BCUT2D eigenvalue weighted by Gasteiger charge is -2.50. The molecule has 0 spiro atoms. The number of hydrogen-bond acceptors (Lipinski definition) is 4. The normalized spacial score (nSPS) is 29.3. The van der Waals surface area contributed by atoms with E-state index >= 15 is 0 Å². The summed E-state index contributed by atoms with van der Waals surface area (Å²) in [5, 5.41) is -12.6. The van der Waals surface area contributed by atoms with Crippen LogP contribution in [0.5, 0.6) is 0 Å². The minimum Gasteiger partial charge on any atom is -0.204 e. The topological polar surface area (TPSA) is 71.5 Å². The van der Waals surface area contributed by atoms with Gasteiger partial charge in [-0.15, -0.1) is 10.2 Å². The molecular formula is C17H21F6NO4S3. The molecular weight excluding hydrogens is 492 g/mol. The first kappa shape index (κ1) is 24.6. The highest BCUT2D eigenvalue weighted by atomic mass is 32.4. The number of sulfonamides is 2. The molecule has 0 saturated carbocycles. The molecule has 31 heavy (non-hydrogen) atoms. The molecule has 5 nitrogen and oxygen atoms in total. The van der Waals surface area contributed by atoms with Crippen LogP contribution in [-0.4, -0.2) is 47.9 Å². The van der Waals surface area contributed by atoms with Crippen molar-refractivity contribution >= 4 is 30.3 Å². The van der Waals surface area contributed by atoms with Crippen LogP contribution in [0.1, 0.15) is 39.2 Å². The molecule has 0 N–H and O–H groups in total. The van der Waals surface area contributed by atoms with Crippen LogP contribution in [0, 0.1) is 0 Å². The third kappa shape index (κ3) is 3.00. The van der Waals surface area contributed by atoms with Crippen molar-refractivity contribution in [1.82, 2.24) is 3.12 Å². The fraction of sp³-hybridized carbons (Fsp3) is 0.647. The van der Waals surface area contributed by atoms with Gasteiger partial charge >= 0.3 is 36.5 Å². The van der Waals surface area contributed by atoms with Gasteiger partial charge in [-0.25, -0.2) is 16.8 Å². The standard InChI is InChI=1S/C17H21F6NO4S3/c1-14(2,3)12-6-8-13(9-7-12)29(10-4-5-11-29)24-30(25,26)16(20,21)15(18,19)17(22,23)31(24,27)28/h6-9H,4-5,10-11H2,1-3H3. The van der Waals surface area contributed by atoms with Crippen molar-refractivity contribution in [2.45, 2.75) is 60.4 Å². The molecule has 2 heterocycles. The number of halogens is 6. The van der Waals surface area contributed by atoms with Gasteiger partial charge in [0.1, 0.15) is 0 Å². The number of rotatable bonds is 2. The third-order valence-electron chi connectivity index (χ3n) is 5.43. The van der Waals surface area contributed by atoms with Crippen molar-refractivity contribution in [2.24, 2.45) is 0 Å². The molecule has 0 aliphatic carbocycles. The highest BCUT2D eigenvalue weighted by Crippen LogP contribution is 2.71. The first-order valence-corrected chi connectivity index (χ1v) is 13.9. The second-order valence-corrected chi connectivity index (χ2v) is 16.2. The molecule has 2 aliphatic heterocycles. The summed E-state index contributed by atoms with van der Waals surface area (Å²) in [6.45, 7) is 5.55. The summed E-state index contributed by atoms with van der Waals surface area (Å²) in [5.41, 5.74) is 0.359. The van der Waals surface area contributed by atoms with Crippen LogP contribution in [0.4, 0.5) is 26.3 Å². The Balaban J connectivity index is 2.33. The van der Waals surface area contributed by atoms with E-state index in [0.29, 0.717) is 0 Å². The Bertz CT molecular complexity index is 1040. The van der Waals surface area contributed by atoms with E-state index in [2.05, 4.69) is 0 Å². The Kier molecular flexibility index (Phi) is 5.38. The fourth-order valence-corrected chi connectivity index (χ4v) is 14.7. The number of hydrogen-bond donors (Lipinski definition) is 0. The van der Waals surface area contributed by atoms with Crippen LogP contribution in [0.2, 0.25) is 0 Å². The van der Waals surface area contributed by atoms with Crippen molar-refractivity contribution in [1.29, 1.82) is 0 Å². The third-order valence-corrected chi connectivity index (χ3v) is 15.7. The van der Waals surface area contributed by atoms with E-state index < -0.39 is 49.8 Å². The zero-order valence-corrected chi connectivity index (χ0v) is 19.2. The molecule has 0 amide bonds. The lowest BCUT2D eigenvalue weighted by Crippen LogP contribution is -2.71. The minimum atomic E-state index is -6.70. The highest BCUT2D eigenvalue weighted by molar-refractivity contribution is 8.41. The van der Waals surface area contributed by atoms with Crippen LogP contribution in [0.15, 0.2) is 29.2 Å². The predicted octanol–water partition coefficient (Wildman–Crippen LogP) is 4.65. The molecule has 0 bridgehead atoms. The molecule has 0 radical (unpaired) electrons. The lowest BCUT2D eigenvalue weighted by molar-refractivity contribution is -0.248. The fourth-order valence-electron chi connectivity index (χ4n) is 3.65. The summed E-state index contributed by atoms with van der Waals surface area (Å²) in [6, 6.07) is 5.62. The number of alkyl halides is 6. The van der Waals surface area contributed by atoms with Gasteiger partial charge in [0, 0.05) is 4.90 Å². The minimum absolute atomic E-state index is 0.0537. The molecule has 2 aliphatic rings. The van der Waals surface area contributed by atoms with Crippen molar-refractivity contribution in [3.63, 3.8) is 0 Å². The average molecular weight is 514 g/mol. The zero-order chi connectivity index (χ0) is 23.9. The lowest BCUT2D eigenvalue weighted by atomic mass is 9.87. The first-order valence-electron chi connectivity index (χ1n) is 9.11. The Morgan fingerprint density at radius 1 is 0.774 bits per heavy atom. The van der Waals surface area contributed by atoms with E-state index in [1.807, 2.05) is 20.8 Å². The summed E-state index contributed by atoms with van der Waals surface area (Å²) in [7, 11) is -16.9. The Morgan fingerprint density at radius 3 is 1.52 bits per heavy atom.